The average molecular weight is 491 g/mol. The van der Waals surface area contributed by atoms with Gasteiger partial charge in [-0.25, -0.2) is 5.01 Å². The SMILES string of the molecule is COc1cccc([C@@H]2CC(c3ccc(Br)cc3)=NN2C(=O)/C=C/c2ccccc2)c1OC. The van der Waals surface area contributed by atoms with Gasteiger partial charge in [-0.3, -0.25) is 4.79 Å². The quantitative estimate of drug-likeness (QED) is 0.406. The van der Waals surface area contributed by atoms with Gasteiger partial charge >= 0.3 is 0 Å². The van der Waals surface area contributed by atoms with Crippen molar-refractivity contribution in [3.63, 3.8) is 0 Å². The third kappa shape index (κ3) is 4.60. The number of amides is 1. The number of carbonyl (C=O) groups is 1. The highest BCUT2D eigenvalue weighted by molar-refractivity contribution is 9.10. The van der Waals surface area contributed by atoms with Crippen LogP contribution in [0.4, 0.5) is 0 Å². The van der Waals surface area contributed by atoms with Gasteiger partial charge in [0.05, 0.1) is 26.0 Å². The van der Waals surface area contributed by atoms with E-state index >= 15 is 0 Å². The maximum atomic E-state index is 13.2. The molecule has 1 aliphatic heterocycles. The zero-order valence-corrected chi connectivity index (χ0v) is 19.5. The molecule has 6 heteroatoms. The molecule has 1 aliphatic rings. The van der Waals surface area contributed by atoms with Crippen molar-refractivity contribution in [3.8, 4) is 11.5 Å². The van der Waals surface area contributed by atoms with E-state index in [0.717, 1.165) is 26.9 Å². The zero-order chi connectivity index (χ0) is 22.5. The molecule has 3 aromatic rings. The number of carbonyl (C=O) groups excluding carboxylic acids is 1. The fourth-order valence-electron chi connectivity index (χ4n) is 3.76. The van der Waals surface area contributed by atoms with Crippen LogP contribution in [0.5, 0.6) is 11.5 Å². The second-order valence-electron chi connectivity index (χ2n) is 7.28. The van der Waals surface area contributed by atoms with Crippen LogP contribution in [0.1, 0.15) is 29.2 Å². The van der Waals surface area contributed by atoms with Gasteiger partial charge in [0.15, 0.2) is 11.5 Å². The first kappa shape index (κ1) is 21.8. The fraction of sp³-hybridized carbons (Fsp3) is 0.154. The van der Waals surface area contributed by atoms with Crippen LogP contribution in [-0.4, -0.2) is 30.8 Å². The van der Waals surface area contributed by atoms with Crippen LogP contribution in [0.2, 0.25) is 0 Å². The van der Waals surface area contributed by atoms with Crippen molar-refractivity contribution in [3.05, 3.63) is 100 Å². The summed E-state index contributed by atoms with van der Waals surface area (Å²) < 4.78 is 12.1. The molecule has 1 atom stereocenters. The molecule has 0 saturated heterocycles. The minimum Gasteiger partial charge on any atom is -0.493 e. The molecule has 32 heavy (non-hydrogen) atoms. The predicted molar refractivity (Wildman–Crippen MR) is 130 cm³/mol. The third-order valence-electron chi connectivity index (χ3n) is 5.32. The van der Waals surface area contributed by atoms with Crippen LogP contribution in [-0.2, 0) is 4.79 Å². The first-order valence-electron chi connectivity index (χ1n) is 10.2. The number of halogens is 1. The zero-order valence-electron chi connectivity index (χ0n) is 17.9. The maximum absolute atomic E-state index is 13.2. The molecule has 1 amide bonds. The van der Waals surface area contributed by atoms with Crippen molar-refractivity contribution < 1.29 is 14.3 Å². The number of para-hydroxylation sites is 1. The Bertz CT molecular complexity index is 1160. The molecule has 0 aliphatic carbocycles. The Hall–Kier alpha value is -3.38. The lowest BCUT2D eigenvalue weighted by Gasteiger charge is -2.23. The normalized spacial score (nSPS) is 15.7. The molecule has 0 aromatic heterocycles. The van der Waals surface area contributed by atoms with Crippen LogP contribution >= 0.6 is 15.9 Å². The lowest BCUT2D eigenvalue weighted by Crippen LogP contribution is -2.25. The van der Waals surface area contributed by atoms with Crippen molar-refractivity contribution in [2.24, 2.45) is 5.10 Å². The molecule has 162 valence electrons. The average Bonchev–Trinajstić information content (AvgIpc) is 3.28. The van der Waals surface area contributed by atoms with E-state index in [-0.39, 0.29) is 11.9 Å². The van der Waals surface area contributed by atoms with Gasteiger partial charge in [-0.15, -0.1) is 0 Å². The topological polar surface area (TPSA) is 51.1 Å². The molecule has 0 N–H and O–H groups in total. The van der Waals surface area contributed by atoms with Crippen LogP contribution in [0.15, 0.2) is 88.4 Å². The van der Waals surface area contributed by atoms with Crippen LogP contribution < -0.4 is 9.47 Å². The largest absolute Gasteiger partial charge is 0.493 e. The van der Waals surface area contributed by atoms with Crippen molar-refractivity contribution in [1.82, 2.24) is 5.01 Å². The van der Waals surface area contributed by atoms with Gasteiger partial charge in [0.25, 0.3) is 5.91 Å². The molecule has 0 saturated carbocycles. The summed E-state index contributed by atoms with van der Waals surface area (Å²) in [6.07, 6.45) is 3.93. The van der Waals surface area contributed by atoms with Gasteiger partial charge in [0, 0.05) is 22.5 Å². The molecular formula is C26H23BrN2O3. The monoisotopic (exact) mass is 490 g/mol. The Balaban J connectivity index is 1.72. The van der Waals surface area contributed by atoms with E-state index in [9.17, 15) is 4.79 Å². The Morgan fingerprint density at radius 2 is 1.75 bits per heavy atom. The number of hydrogen-bond acceptors (Lipinski definition) is 4. The summed E-state index contributed by atoms with van der Waals surface area (Å²) in [5, 5.41) is 6.26. The number of hydrogen-bond donors (Lipinski definition) is 0. The Labute approximate surface area is 196 Å². The summed E-state index contributed by atoms with van der Waals surface area (Å²) in [5.74, 6) is 1.03. The van der Waals surface area contributed by atoms with Crippen LogP contribution in [0, 0.1) is 0 Å². The van der Waals surface area contributed by atoms with Crippen molar-refractivity contribution in [2.75, 3.05) is 14.2 Å². The predicted octanol–water partition coefficient (Wildman–Crippen LogP) is 5.86. The summed E-state index contributed by atoms with van der Waals surface area (Å²) in [6, 6.07) is 23.0. The highest BCUT2D eigenvalue weighted by Crippen LogP contribution is 2.41. The van der Waals surface area contributed by atoms with E-state index in [2.05, 4.69) is 15.9 Å². The van der Waals surface area contributed by atoms with Crippen LogP contribution in [0.3, 0.4) is 0 Å². The highest BCUT2D eigenvalue weighted by atomic mass is 79.9. The van der Waals surface area contributed by atoms with Crippen molar-refractivity contribution in [1.29, 1.82) is 0 Å². The van der Waals surface area contributed by atoms with E-state index in [1.165, 1.54) is 5.01 Å². The molecule has 0 unspecified atom stereocenters. The van der Waals surface area contributed by atoms with Gasteiger partial charge in [-0.2, -0.15) is 5.10 Å². The molecule has 5 nitrogen and oxygen atoms in total. The highest BCUT2D eigenvalue weighted by Gasteiger charge is 2.34. The van der Waals surface area contributed by atoms with Crippen molar-refractivity contribution >= 4 is 33.6 Å². The molecule has 3 aromatic carbocycles. The Kier molecular flexibility index (Phi) is 6.71. The van der Waals surface area contributed by atoms with Gasteiger partial charge in [-0.1, -0.05) is 70.5 Å². The second kappa shape index (κ2) is 9.83. The second-order valence-corrected chi connectivity index (χ2v) is 8.20. The number of hydrazone groups is 1. The molecule has 0 radical (unpaired) electrons. The summed E-state index contributed by atoms with van der Waals surface area (Å²) >= 11 is 3.47. The minimum atomic E-state index is -0.313. The first-order chi connectivity index (χ1) is 15.6. The summed E-state index contributed by atoms with van der Waals surface area (Å²) in [6.45, 7) is 0. The molecular weight excluding hydrogens is 468 g/mol. The van der Waals surface area contributed by atoms with E-state index in [1.54, 1.807) is 26.4 Å². The number of rotatable bonds is 6. The summed E-state index contributed by atoms with van der Waals surface area (Å²) in [7, 11) is 3.21. The lowest BCUT2D eigenvalue weighted by molar-refractivity contribution is -0.127. The molecule has 0 spiro atoms. The van der Waals surface area contributed by atoms with Gasteiger partial charge in [0.1, 0.15) is 0 Å². The van der Waals surface area contributed by atoms with E-state index < -0.39 is 0 Å². The minimum absolute atomic E-state index is 0.198. The number of methoxy groups -OCH3 is 2. The Morgan fingerprint density at radius 3 is 2.44 bits per heavy atom. The van der Waals surface area contributed by atoms with E-state index in [1.807, 2.05) is 72.8 Å². The summed E-state index contributed by atoms with van der Waals surface area (Å²) in [5.41, 5.74) is 3.62. The lowest BCUT2D eigenvalue weighted by atomic mass is 9.97. The fourth-order valence-corrected chi connectivity index (χ4v) is 4.02. The van der Waals surface area contributed by atoms with Crippen molar-refractivity contribution in [2.45, 2.75) is 12.5 Å². The number of benzene rings is 3. The van der Waals surface area contributed by atoms with E-state index in [0.29, 0.717) is 17.9 Å². The molecule has 0 fully saturated rings. The number of ether oxygens (including phenoxy) is 2. The standard InChI is InChI=1S/C26H23BrN2O3/c1-31-24-10-6-9-21(26(24)32-2)23-17-22(19-12-14-20(27)15-13-19)28-29(23)25(30)16-11-18-7-4-3-5-8-18/h3-16,23H,17H2,1-2H3/b16-11+/t23-/m0/s1. The van der Waals surface area contributed by atoms with Gasteiger partial charge < -0.3 is 9.47 Å². The molecule has 1 heterocycles. The maximum Gasteiger partial charge on any atom is 0.267 e. The Morgan fingerprint density at radius 1 is 1.00 bits per heavy atom. The number of nitrogens with zero attached hydrogens (tertiary/aromatic N) is 2. The molecule has 4 rings (SSSR count). The van der Waals surface area contributed by atoms with Gasteiger partial charge in [0.2, 0.25) is 0 Å². The van der Waals surface area contributed by atoms with Gasteiger partial charge in [-0.05, 0) is 35.4 Å². The third-order valence-corrected chi connectivity index (χ3v) is 5.85. The summed E-state index contributed by atoms with van der Waals surface area (Å²) in [4.78, 5) is 13.2. The van der Waals surface area contributed by atoms with E-state index in [4.69, 9.17) is 14.6 Å². The van der Waals surface area contributed by atoms with Crippen LogP contribution in [0.25, 0.3) is 6.08 Å². The smallest absolute Gasteiger partial charge is 0.267 e. The first-order valence-corrected chi connectivity index (χ1v) is 11.0. The molecule has 0 bridgehead atoms.